The molecule has 2 heteroatoms. The van der Waals surface area contributed by atoms with E-state index in [2.05, 4.69) is 35.6 Å². The highest BCUT2D eigenvalue weighted by Gasteiger charge is 1.98. The second kappa shape index (κ2) is 5.48. The second-order valence-electron chi connectivity index (χ2n) is 4.14. The first-order valence-electron chi connectivity index (χ1n) is 6.04. The van der Waals surface area contributed by atoms with Gasteiger partial charge in [-0.2, -0.15) is 0 Å². The average Bonchev–Trinajstić information content (AvgIpc) is 2.38. The minimum atomic E-state index is 0.116. The number of fused-ring (bicyclic) bond motifs is 1. The normalized spacial score (nSPS) is 10.4. The maximum absolute atomic E-state index is 11.1. The third-order valence-corrected chi connectivity index (χ3v) is 2.87. The average molecular weight is 227 g/mol. The van der Waals surface area contributed by atoms with Crippen LogP contribution in [-0.4, -0.2) is 12.5 Å². The van der Waals surface area contributed by atoms with Gasteiger partial charge in [0.25, 0.3) is 0 Å². The molecule has 0 aliphatic heterocycles. The molecule has 0 fully saturated rings. The fourth-order valence-corrected chi connectivity index (χ4v) is 1.87. The molecule has 17 heavy (non-hydrogen) atoms. The van der Waals surface area contributed by atoms with Gasteiger partial charge in [0, 0.05) is 13.0 Å². The molecule has 0 unspecified atom stereocenters. The molecular weight excluding hydrogens is 210 g/mol. The number of carbonyl (C=O) groups is 1. The Balaban J connectivity index is 2.02. The van der Waals surface area contributed by atoms with Gasteiger partial charge in [-0.1, -0.05) is 49.4 Å². The summed E-state index contributed by atoms with van der Waals surface area (Å²) in [5, 5.41) is 5.40. The van der Waals surface area contributed by atoms with E-state index < -0.39 is 0 Å². The molecule has 0 atom stereocenters. The molecule has 0 aromatic heterocycles. The summed E-state index contributed by atoms with van der Waals surface area (Å²) in [5.41, 5.74) is 1.26. The summed E-state index contributed by atoms with van der Waals surface area (Å²) in [6, 6.07) is 14.8. The van der Waals surface area contributed by atoms with Crippen molar-refractivity contribution in [1.29, 1.82) is 0 Å². The first kappa shape index (κ1) is 11.6. The maximum atomic E-state index is 11.1. The van der Waals surface area contributed by atoms with Gasteiger partial charge in [0.2, 0.25) is 5.91 Å². The molecule has 0 aliphatic carbocycles. The molecular formula is C15H17NO. The summed E-state index contributed by atoms with van der Waals surface area (Å²) in [5.74, 6) is 0.116. The highest BCUT2D eigenvalue weighted by atomic mass is 16.1. The zero-order chi connectivity index (χ0) is 12.1. The Morgan fingerprint density at radius 1 is 1.12 bits per heavy atom. The topological polar surface area (TPSA) is 29.1 Å². The van der Waals surface area contributed by atoms with E-state index in [0.29, 0.717) is 13.0 Å². The Hall–Kier alpha value is -1.83. The molecule has 88 valence electrons. The van der Waals surface area contributed by atoms with E-state index in [9.17, 15) is 4.79 Å². The van der Waals surface area contributed by atoms with E-state index in [-0.39, 0.29) is 5.91 Å². The van der Waals surface area contributed by atoms with Crippen LogP contribution in [0.5, 0.6) is 0 Å². The Morgan fingerprint density at radius 3 is 2.65 bits per heavy atom. The predicted molar refractivity (Wildman–Crippen MR) is 71.0 cm³/mol. The summed E-state index contributed by atoms with van der Waals surface area (Å²) in [4.78, 5) is 11.1. The van der Waals surface area contributed by atoms with Crippen molar-refractivity contribution in [1.82, 2.24) is 5.32 Å². The van der Waals surface area contributed by atoms with Gasteiger partial charge >= 0.3 is 0 Å². The molecule has 0 saturated heterocycles. The minimum Gasteiger partial charge on any atom is -0.356 e. The molecule has 2 rings (SSSR count). The zero-order valence-corrected chi connectivity index (χ0v) is 10.1. The second-order valence-corrected chi connectivity index (χ2v) is 4.14. The first-order valence-corrected chi connectivity index (χ1v) is 6.04. The van der Waals surface area contributed by atoms with Crippen LogP contribution in [0.1, 0.15) is 18.9 Å². The van der Waals surface area contributed by atoms with Gasteiger partial charge in [0.05, 0.1) is 0 Å². The fraction of sp³-hybridized carbons (Fsp3) is 0.267. The Bertz CT molecular complexity index is 519. The summed E-state index contributed by atoms with van der Waals surface area (Å²) in [7, 11) is 0. The minimum absolute atomic E-state index is 0.116. The van der Waals surface area contributed by atoms with Gasteiger partial charge in [0.1, 0.15) is 0 Å². The number of amides is 1. The van der Waals surface area contributed by atoms with Crippen molar-refractivity contribution in [3.63, 3.8) is 0 Å². The molecule has 2 nitrogen and oxygen atoms in total. The predicted octanol–water partition coefficient (Wildman–Crippen LogP) is 2.91. The third kappa shape index (κ3) is 3.06. The number of hydrogen-bond acceptors (Lipinski definition) is 1. The van der Waals surface area contributed by atoms with Crippen LogP contribution in [0.3, 0.4) is 0 Å². The summed E-state index contributed by atoms with van der Waals surface area (Å²) in [6.07, 6.45) is 1.44. The Labute approximate surface area is 102 Å². The molecule has 1 amide bonds. The maximum Gasteiger partial charge on any atom is 0.219 e. The van der Waals surface area contributed by atoms with Crippen LogP contribution in [-0.2, 0) is 11.2 Å². The van der Waals surface area contributed by atoms with Crippen molar-refractivity contribution in [3.05, 3.63) is 48.0 Å². The number of benzene rings is 2. The van der Waals surface area contributed by atoms with Crippen molar-refractivity contribution >= 4 is 16.7 Å². The monoisotopic (exact) mass is 227 g/mol. The lowest BCUT2D eigenvalue weighted by molar-refractivity contribution is -0.120. The smallest absolute Gasteiger partial charge is 0.219 e. The SMILES string of the molecule is CCC(=O)NCCc1ccc2ccccc2c1. The third-order valence-electron chi connectivity index (χ3n) is 2.87. The molecule has 0 bridgehead atoms. The molecule has 0 radical (unpaired) electrons. The van der Waals surface area contributed by atoms with Crippen molar-refractivity contribution in [2.45, 2.75) is 19.8 Å². The van der Waals surface area contributed by atoms with Crippen LogP contribution < -0.4 is 5.32 Å². The molecule has 0 heterocycles. The van der Waals surface area contributed by atoms with E-state index >= 15 is 0 Å². The van der Waals surface area contributed by atoms with Crippen LogP contribution in [0, 0.1) is 0 Å². The number of rotatable bonds is 4. The van der Waals surface area contributed by atoms with Gasteiger partial charge in [-0.3, -0.25) is 4.79 Å². The van der Waals surface area contributed by atoms with Gasteiger partial charge in [-0.15, -0.1) is 0 Å². The van der Waals surface area contributed by atoms with Crippen LogP contribution in [0.25, 0.3) is 10.8 Å². The van der Waals surface area contributed by atoms with Crippen LogP contribution in [0.2, 0.25) is 0 Å². The number of hydrogen-bond donors (Lipinski definition) is 1. The van der Waals surface area contributed by atoms with Crippen LogP contribution >= 0.6 is 0 Å². The van der Waals surface area contributed by atoms with Crippen molar-refractivity contribution in [3.8, 4) is 0 Å². The summed E-state index contributed by atoms with van der Waals surface area (Å²) >= 11 is 0. The lowest BCUT2D eigenvalue weighted by Crippen LogP contribution is -2.24. The van der Waals surface area contributed by atoms with E-state index in [1.54, 1.807) is 0 Å². The summed E-state index contributed by atoms with van der Waals surface area (Å²) in [6.45, 7) is 2.58. The van der Waals surface area contributed by atoms with E-state index in [4.69, 9.17) is 0 Å². The number of nitrogens with one attached hydrogen (secondary N) is 1. The fourth-order valence-electron chi connectivity index (χ4n) is 1.87. The highest BCUT2D eigenvalue weighted by Crippen LogP contribution is 2.15. The van der Waals surface area contributed by atoms with E-state index in [1.807, 2.05) is 19.1 Å². The van der Waals surface area contributed by atoms with Crippen LogP contribution in [0.4, 0.5) is 0 Å². The van der Waals surface area contributed by atoms with Gasteiger partial charge < -0.3 is 5.32 Å². The van der Waals surface area contributed by atoms with Gasteiger partial charge in [-0.25, -0.2) is 0 Å². The quantitative estimate of drug-likeness (QED) is 0.855. The molecule has 0 saturated carbocycles. The molecule has 2 aromatic carbocycles. The molecule has 1 N–H and O–H groups in total. The largest absolute Gasteiger partial charge is 0.356 e. The molecule has 0 aliphatic rings. The Kier molecular flexibility index (Phi) is 3.76. The van der Waals surface area contributed by atoms with E-state index in [1.165, 1.54) is 16.3 Å². The summed E-state index contributed by atoms with van der Waals surface area (Å²) < 4.78 is 0. The lowest BCUT2D eigenvalue weighted by atomic mass is 10.1. The van der Waals surface area contributed by atoms with E-state index in [0.717, 1.165) is 6.42 Å². The van der Waals surface area contributed by atoms with Crippen molar-refractivity contribution in [2.75, 3.05) is 6.54 Å². The van der Waals surface area contributed by atoms with Gasteiger partial charge in [0.15, 0.2) is 0 Å². The Morgan fingerprint density at radius 2 is 1.88 bits per heavy atom. The van der Waals surface area contributed by atoms with Crippen molar-refractivity contribution in [2.24, 2.45) is 0 Å². The zero-order valence-electron chi connectivity index (χ0n) is 10.1. The van der Waals surface area contributed by atoms with Crippen LogP contribution in [0.15, 0.2) is 42.5 Å². The molecule has 2 aromatic rings. The lowest BCUT2D eigenvalue weighted by Gasteiger charge is -2.05. The number of carbonyl (C=O) groups excluding carboxylic acids is 1. The standard InChI is InChI=1S/C15H17NO/c1-2-15(17)16-10-9-12-7-8-13-5-3-4-6-14(13)11-12/h3-8,11H,2,9-10H2,1H3,(H,16,17). The van der Waals surface area contributed by atoms with Crippen molar-refractivity contribution < 1.29 is 4.79 Å². The van der Waals surface area contributed by atoms with Gasteiger partial charge in [-0.05, 0) is 22.8 Å². The first-order chi connectivity index (χ1) is 8.29. The molecule has 0 spiro atoms. The highest BCUT2D eigenvalue weighted by molar-refractivity contribution is 5.83.